The molecule has 0 saturated carbocycles. The zero-order chi connectivity index (χ0) is 22.5. The van der Waals surface area contributed by atoms with Gasteiger partial charge in [-0.15, -0.1) is 0 Å². The normalized spacial score (nSPS) is 12.8. The fourth-order valence-electron chi connectivity index (χ4n) is 2.54. The number of halogens is 1. The number of carbonyl (C=O) groups is 1. The zero-order valence-corrected chi connectivity index (χ0v) is 18.3. The molecule has 30 heavy (non-hydrogen) atoms. The Morgan fingerprint density at radius 2 is 1.83 bits per heavy atom. The van der Waals surface area contributed by atoms with E-state index in [9.17, 15) is 14.3 Å². The number of carbonyl (C=O) groups excluding carboxylic acids is 1. The fourth-order valence-corrected chi connectivity index (χ4v) is 2.54. The molecule has 0 spiro atoms. The van der Waals surface area contributed by atoms with Gasteiger partial charge in [0.1, 0.15) is 0 Å². The minimum absolute atomic E-state index is 0.000287. The van der Waals surface area contributed by atoms with Gasteiger partial charge in [0.2, 0.25) is 5.95 Å². The van der Waals surface area contributed by atoms with Gasteiger partial charge in [0.25, 0.3) is 0 Å². The van der Waals surface area contributed by atoms with Crippen LogP contribution in [0.1, 0.15) is 41.5 Å². The molecule has 1 aromatic carbocycles. The van der Waals surface area contributed by atoms with Gasteiger partial charge in [-0.3, -0.25) is 0 Å². The highest BCUT2D eigenvalue weighted by Gasteiger charge is 2.25. The molecule has 164 valence electrons. The van der Waals surface area contributed by atoms with Gasteiger partial charge in [-0.1, -0.05) is 26.8 Å². The maximum absolute atomic E-state index is 14.2. The number of anilines is 4. The number of aliphatic hydroxyl groups is 1. The Kier molecular flexibility index (Phi) is 7.20. The quantitative estimate of drug-likeness (QED) is 0.483. The lowest BCUT2D eigenvalue weighted by Crippen LogP contribution is -2.43. The average Bonchev–Trinajstić information content (AvgIpc) is 2.59. The van der Waals surface area contributed by atoms with Crippen LogP contribution in [0.5, 0.6) is 0 Å². The van der Waals surface area contributed by atoms with Crippen molar-refractivity contribution in [2.24, 2.45) is 5.41 Å². The van der Waals surface area contributed by atoms with Crippen LogP contribution < -0.4 is 21.3 Å². The summed E-state index contributed by atoms with van der Waals surface area (Å²) in [6.45, 7) is 11.3. The highest BCUT2D eigenvalue weighted by atomic mass is 19.1. The van der Waals surface area contributed by atoms with E-state index in [0.717, 1.165) is 6.20 Å². The van der Waals surface area contributed by atoms with Crippen LogP contribution in [-0.2, 0) is 0 Å². The third kappa shape index (κ3) is 7.14. The Morgan fingerprint density at radius 3 is 2.43 bits per heavy atom. The van der Waals surface area contributed by atoms with Crippen molar-refractivity contribution in [3.8, 4) is 0 Å². The van der Waals surface area contributed by atoms with Crippen LogP contribution in [0, 0.1) is 11.2 Å². The number of aromatic nitrogens is 2. The summed E-state index contributed by atoms with van der Waals surface area (Å²) in [5.74, 6) is -0.432. The monoisotopic (exact) mass is 418 g/mol. The van der Waals surface area contributed by atoms with Crippen LogP contribution in [-0.4, -0.2) is 39.3 Å². The van der Waals surface area contributed by atoms with Crippen LogP contribution in [0.3, 0.4) is 0 Å². The van der Waals surface area contributed by atoms with E-state index in [1.807, 2.05) is 41.5 Å². The summed E-state index contributed by atoms with van der Waals surface area (Å²) in [5.41, 5.74) is 0.545. The van der Waals surface area contributed by atoms with Gasteiger partial charge in [0.05, 0.1) is 18.8 Å². The maximum atomic E-state index is 14.2. The van der Waals surface area contributed by atoms with Crippen molar-refractivity contribution in [1.82, 2.24) is 15.3 Å². The number of amides is 2. The second-order valence-corrected chi connectivity index (χ2v) is 9.17. The number of nitrogens with one attached hydrogen (secondary N) is 4. The Morgan fingerprint density at radius 1 is 1.17 bits per heavy atom. The van der Waals surface area contributed by atoms with E-state index >= 15 is 0 Å². The summed E-state index contributed by atoms with van der Waals surface area (Å²) in [4.78, 5) is 20.2. The largest absolute Gasteiger partial charge is 0.394 e. The smallest absolute Gasteiger partial charge is 0.319 e. The Bertz CT molecular complexity index is 877. The summed E-state index contributed by atoms with van der Waals surface area (Å²) < 4.78 is 14.2. The van der Waals surface area contributed by atoms with Gasteiger partial charge in [-0.05, 0) is 44.4 Å². The first kappa shape index (κ1) is 23.3. The molecule has 1 aromatic heterocycles. The first-order valence-corrected chi connectivity index (χ1v) is 9.73. The molecular weight excluding hydrogens is 387 g/mol. The molecule has 1 atom stereocenters. The maximum Gasteiger partial charge on any atom is 0.319 e. The summed E-state index contributed by atoms with van der Waals surface area (Å²) >= 11 is 0. The number of aliphatic hydroxyl groups excluding tert-OH is 1. The molecule has 0 aliphatic rings. The number of urea groups is 1. The van der Waals surface area contributed by atoms with Gasteiger partial charge < -0.3 is 26.4 Å². The summed E-state index contributed by atoms with van der Waals surface area (Å²) in [5, 5.41) is 21.1. The minimum atomic E-state index is -0.613. The fraction of sp³-hybridized carbons (Fsp3) is 0.476. The van der Waals surface area contributed by atoms with Gasteiger partial charge >= 0.3 is 6.03 Å². The van der Waals surface area contributed by atoms with Crippen molar-refractivity contribution in [3.05, 3.63) is 36.3 Å². The first-order chi connectivity index (χ1) is 13.9. The van der Waals surface area contributed by atoms with E-state index in [1.54, 1.807) is 24.3 Å². The van der Waals surface area contributed by atoms with Crippen molar-refractivity contribution < 1.29 is 14.3 Å². The van der Waals surface area contributed by atoms with E-state index in [4.69, 9.17) is 0 Å². The third-order valence-electron chi connectivity index (χ3n) is 4.15. The van der Waals surface area contributed by atoms with Crippen LogP contribution in [0.15, 0.2) is 30.5 Å². The van der Waals surface area contributed by atoms with Crippen LogP contribution in [0.2, 0.25) is 0 Å². The molecule has 2 rings (SSSR count). The molecule has 2 aromatic rings. The number of nitrogens with zero attached hydrogens (tertiary/aromatic N) is 2. The lowest BCUT2D eigenvalue weighted by atomic mass is 9.87. The Balaban J connectivity index is 2.14. The molecule has 2 amide bonds. The van der Waals surface area contributed by atoms with Crippen molar-refractivity contribution in [3.63, 3.8) is 0 Å². The third-order valence-corrected chi connectivity index (χ3v) is 4.15. The second-order valence-electron chi connectivity index (χ2n) is 9.17. The molecule has 0 unspecified atom stereocenters. The molecule has 0 bridgehead atoms. The predicted octanol–water partition coefficient (Wildman–Crippen LogP) is 4.10. The van der Waals surface area contributed by atoms with Gasteiger partial charge in [-0.2, -0.15) is 4.98 Å². The summed E-state index contributed by atoms with van der Waals surface area (Å²) in [6.07, 6.45) is 1.06. The zero-order valence-electron chi connectivity index (χ0n) is 18.3. The molecule has 0 fully saturated rings. The summed E-state index contributed by atoms with van der Waals surface area (Å²) in [7, 11) is 0. The average molecular weight is 419 g/mol. The first-order valence-electron chi connectivity index (χ1n) is 9.73. The highest BCUT2D eigenvalue weighted by molar-refractivity contribution is 5.90. The lowest BCUT2D eigenvalue weighted by molar-refractivity contribution is 0.201. The van der Waals surface area contributed by atoms with Crippen LogP contribution in [0.4, 0.5) is 32.3 Å². The Labute approximate surface area is 176 Å². The number of hydrogen-bond acceptors (Lipinski definition) is 6. The van der Waals surface area contributed by atoms with E-state index in [2.05, 4.69) is 31.2 Å². The molecular formula is C21H31FN6O2. The molecule has 0 aliphatic heterocycles. The Hall–Kier alpha value is -2.94. The molecule has 0 saturated heterocycles. The summed E-state index contributed by atoms with van der Waals surface area (Å²) in [6, 6.07) is 6.30. The molecule has 9 heteroatoms. The highest BCUT2D eigenvalue weighted by Crippen LogP contribution is 2.25. The SMILES string of the molecule is CC(C)(C)NC(=O)Nc1cccc(Nc2ncc(F)c(N[C@H](CO)C(C)(C)C)n2)c1. The van der Waals surface area contributed by atoms with Crippen molar-refractivity contribution in [2.75, 3.05) is 22.6 Å². The molecule has 8 nitrogen and oxygen atoms in total. The van der Waals surface area contributed by atoms with Crippen molar-refractivity contribution >= 4 is 29.2 Å². The van der Waals surface area contributed by atoms with Gasteiger partial charge in [0.15, 0.2) is 11.6 Å². The molecule has 1 heterocycles. The molecule has 0 aliphatic carbocycles. The standard InChI is InChI=1S/C21H31FN6O2/c1-20(2,3)16(12-29)26-17-15(22)11-23-18(27-17)24-13-8-7-9-14(10-13)25-19(30)28-21(4,5)6/h7-11,16,29H,12H2,1-6H3,(H2,25,28,30)(H2,23,24,26,27)/t16-/m1/s1. The molecule has 0 radical (unpaired) electrons. The van der Waals surface area contributed by atoms with Crippen LogP contribution in [0.25, 0.3) is 0 Å². The molecule has 5 N–H and O–H groups in total. The lowest BCUT2D eigenvalue weighted by Gasteiger charge is -2.30. The number of benzene rings is 1. The second kappa shape index (κ2) is 9.25. The van der Waals surface area contributed by atoms with Gasteiger partial charge in [-0.25, -0.2) is 14.2 Å². The predicted molar refractivity (Wildman–Crippen MR) is 118 cm³/mol. The van der Waals surface area contributed by atoms with Crippen molar-refractivity contribution in [2.45, 2.75) is 53.1 Å². The topological polar surface area (TPSA) is 111 Å². The minimum Gasteiger partial charge on any atom is -0.394 e. The van der Waals surface area contributed by atoms with E-state index in [-0.39, 0.29) is 41.4 Å². The van der Waals surface area contributed by atoms with Crippen LogP contribution >= 0.6 is 0 Å². The number of hydrogen-bond donors (Lipinski definition) is 5. The van der Waals surface area contributed by atoms with Crippen molar-refractivity contribution in [1.29, 1.82) is 0 Å². The van der Waals surface area contributed by atoms with E-state index in [1.165, 1.54) is 0 Å². The van der Waals surface area contributed by atoms with E-state index < -0.39 is 5.82 Å². The number of rotatable bonds is 6. The van der Waals surface area contributed by atoms with Gasteiger partial charge in [0, 0.05) is 16.9 Å². The van der Waals surface area contributed by atoms with E-state index in [0.29, 0.717) is 11.4 Å².